The van der Waals surface area contributed by atoms with Crippen molar-refractivity contribution in [1.29, 1.82) is 0 Å². The number of unbranched alkanes of at least 4 members (excludes halogenated alkanes) is 4. The molecule has 2 atom stereocenters. The van der Waals surface area contributed by atoms with Gasteiger partial charge >= 0.3 is 0 Å². The van der Waals surface area contributed by atoms with Crippen LogP contribution >= 0.6 is 0 Å². The summed E-state index contributed by atoms with van der Waals surface area (Å²) in [6.45, 7) is 1.65. The Morgan fingerprint density at radius 1 is 0.650 bits per heavy atom. The van der Waals surface area contributed by atoms with Crippen LogP contribution in [0.25, 0.3) is 0 Å². The molecule has 3 amide bonds. The highest BCUT2D eigenvalue weighted by molar-refractivity contribution is 5.88. The molecule has 0 saturated carbocycles. The molecule has 2 unspecified atom stereocenters. The van der Waals surface area contributed by atoms with Gasteiger partial charge in [0, 0.05) is 13.0 Å². The standard InChI is InChI=1S/C31H48N6O3/c32-21-11-3-8-20-28(38)36-27(19-10-13-23-35-30(39)26(34)18-9-12-22-33)31(40)37-29(24-14-4-1-5-15-24)25-16-6-2-7-17-25/h1-2,4-7,14-17,26-27,29H,3,8-13,18-23,32-34H2,(H,35,39)(H,36,38)(H,37,40). The molecule has 0 aliphatic carbocycles. The van der Waals surface area contributed by atoms with E-state index in [4.69, 9.17) is 17.2 Å². The second-order valence-corrected chi connectivity index (χ2v) is 10.2. The molecule has 0 fully saturated rings. The van der Waals surface area contributed by atoms with E-state index in [9.17, 15) is 14.4 Å². The number of nitrogens with one attached hydrogen (secondary N) is 3. The van der Waals surface area contributed by atoms with Crippen LogP contribution in [0.4, 0.5) is 0 Å². The van der Waals surface area contributed by atoms with Crippen LogP contribution in [0.15, 0.2) is 60.7 Å². The summed E-state index contributed by atoms with van der Waals surface area (Å²) in [6.07, 6.45) is 6.86. The zero-order valence-electron chi connectivity index (χ0n) is 23.7. The summed E-state index contributed by atoms with van der Waals surface area (Å²) in [4.78, 5) is 38.5. The van der Waals surface area contributed by atoms with Gasteiger partial charge in [-0.15, -0.1) is 0 Å². The first-order valence-corrected chi connectivity index (χ1v) is 14.6. The van der Waals surface area contributed by atoms with E-state index in [-0.39, 0.29) is 23.8 Å². The molecule has 0 spiro atoms. The highest BCUT2D eigenvalue weighted by Crippen LogP contribution is 2.22. The average Bonchev–Trinajstić information content (AvgIpc) is 2.98. The van der Waals surface area contributed by atoms with Crippen molar-refractivity contribution in [2.45, 2.75) is 82.3 Å². The number of carbonyl (C=O) groups is 3. The van der Waals surface area contributed by atoms with Crippen molar-refractivity contribution in [3.63, 3.8) is 0 Å². The van der Waals surface area contributed by atoms with Crippen LogP contribution < -0.4 is 33.2 Å². The van der Waals surface area contributed by atoms with Gasteiger partial charge in [0.2, 0.25) is 17.7 Å². The first kappa shape index (κ1) is 32.9. The van der Waals surface area contributed by atoms with Gasteiger partial charge in [-0.2, -0.15) is 0 Å². The van der Waals surface area contributed by atoms with E-state index in [0.29, 0.717) is 51.7 Å². The Morgan fingerprint density at radius 2 is 1.23 bits per heavy atom. The Kier molecular flexibility index (Phi) is 16.3. The van der Waals surface area contributed by atoms with Crippen molar-refractivity contribution in [1.82, 2.24) is 16.0 Å². The molecule has 40 heavy (non-hydrogen) atoms. The number of hydrogen-bond acceptors (Lipinski definition) is 6. The second-order valence-electron chi connectivity index (χ2n) is 10.2. The minimum atomic E-state index is -0.689. The molecule has 2 aromatic carbocycles. The SMILES string of the molecule is NCCCCCC(=O)NC(CCCCNC(=O)C(N)CCCCN)C(=O)NC(c1ccccc1)c1ccccc1. The lowest BCUT2D eigenvalue weighted by atomic mass is 9.98. The maximum atomic E-state index is 13.6. The molecule has 9 heteroatoms. The van der Waals surface area contributed by atoms with Crippen LogP contribution in [-0.2, 0) is 14.4 Å². The maximum absolute atomic E-state index is 13.6. The first-order valence-electron chi connectivity index (χ1n) is 14.6. The van der Waals surface area contributed by atoms with Crippen LogP contribution in [-0.4, -0.2) is 49.4 Å². The summed E-state index contributed by atoms with van der Waals surface area (Å²) in [5, 5.41) is 8.99. The Labute approximate surface area is 239 Å². The third-order valence-electron chi connectivity index (χ3n) is 6.84. The average molecular weight is 553 g/mol. The van der Waals surface area contributed by atoms with E-state index in [1.54, 1.807) is 0 Å². The fraction of sp³-hybridized carbons (Fsp3) is 0.516. The van der Waals surface area contributed by atoms with Gasteiger partial charge in [0.05, 0.1) is 12.1 Å². The van der Waals surface area contributed by atoms with Crippen molar-refractivity contribution >= 4 is 17.7 Å². The molecular weight excluding hydrogens is 504 g/mol. The van der Waals surface area contributed by atoms with Crippen LogP contribution in [0.2, 0.25) is 0 Å². The lowest BCUT2D eigenvalue weighted by Gasteiger charge is -2.24. The fourth-order valence-electron chi connectivity index (χ4n) is 4.49. The van der Waals surface area contributed by atoms with Gasteiger partial charge in [0.25, 0.3) is 0 Å². The second kappa shape index (κ2) is 19.7. The van der Waals surface area contributed by atoms with Crippen molar-refractivity contribution in [2.24, 2.45) is 17.2 Å². The Bertz CT molecular complexity index is 950. The predicted molar refractivity (Wildman–Crippen MR) is 160 cm³/mol. The molecule has 0 saturated heterocycles. The summed E-state index contributed by atoms with van der Waals surface area (Å²) < 4.78 is 0. The lowest BCUT2D eigenvalue weighted by Crippen LogP contribution is -2.48. The first-order chi connectivity index (χ1) is 19.5. The zero-order chi connectivity index (χ0) is 29.0. The smallest absolute Gasteiger partial charge is 0.243 e. The van der Waals surface area contributed by atoms with Crippen LogP contribution in [0.5, 0.6) is 0 Å². The van der Waals surface area contributed by atoms with Crippen LogP contribution in [0.3, 0.4) is 0 Å². The molecule has 9 N–H and O–H groups in total. The molecule has 0 bridgehead atoms. The normalized spacial score (nSPS) is 12.5. The van der Waals surface area contributed by atoms with Gasteiger partial charge in [0.1, 0.15) is 6.04 Å². The van der Waals surface area contributed by atoms with Crippen LogP contribution in [0.1, 0.15) is 81.4 Å². The Morgan fingerprint density at radius 3 is 1.82 bits per heavy atom. The summed E-state index contributed by atoms with van der Waals surface area (Å²) in [6, 6.07) is 18.0. The number of nitrogens with two attached hydrogens (primary N) is 3. The van der Waals surface area contributed by atoms with E-state index in [0.717, 1.165) is 43.2 Å². The van der Waals surface area contributed by atoms with Crippen molar-refractivity contribution in [3.8, 4) is 0 Å². The highest BCUT2D eigenvalue weighted by Gasteiger charge is 2.24. The predicted octanol–water partition coefficient (Wildman–Crippen LogP) is 2.64. The number of rotatable bonds is 20. The van der Waals surface area contributed by atoms with Gasteiger partial charge < -0.3 is 33.2 Å². The number of hydrogen-bond donors (Lipinski definition) is 6. The number of carbonyl (C=O) groups excluding carboxylic acids is 3. The largest absolute Gasteiger partial charge is 0.355 e. The molecule has 0 aromatic heterocycles. The Balaban J connectivity index is 1.99. The quantitative estimate of drug-likeness (QED) is 0.138. The summed E-state index contributed by atoms with van der Waals surface area (Å²) in [7, 11) is 0. The minimum Gasteiger partial charge on any atom is -0.355 e. The van der Waals surface area contributed by atoms with Crippen molar-refractivity contribution < 1.29 is 14.4 Å². The number of amides is 3. The number of benzene rings is 2. The molecule has 0 heterocycles. The topological polar surface area (TPSA) is 165 Å². The summed E-state index contributed by atoms with van der Waals surface area (Å²) in [5.74, 6) is -0.561. The Hall–Kier alpha value is -3.27. The minimum absolute atomic E-state index is 0.148. The molecule has 9 nitrogen and oxygen atoms in total. The molecule has 2 rings (SSSR count). The summed E-state index contributed by atoms with van der Waals surface area (Å²) >= 11 is 0. The van der Waals surface area contributed by atoms with Gasteiger partial charge in [0.15, 0.2) is 0 Å². The summed E-state index contributed by atoms with van der Waals surface area (Å²) in [5.41, 5.74) is 18.9. The van der Waals surface area contributed by atoms with Gasteiger partial charge in [-0.25, -0.2) is 0 Å². The van der Waals surface area contributed by atoms with E-state index in [1.807, 2.05) is 60.7 Å². The highest BCUT2D eigenvalue weighted by atomic mass is 16.2. The van der Waals surface area contributed by atoms with Crippen molar-refractivity contribution in [2.75, 3.05) is 19.6 Å². The van der Waals surface area contributed by atoms with Crippen LogP contribution in [0, 0.1) is 0 Å². The van der Waals surface area contributed by atoms with E-state index >= 15 is 0 Å². The zero-order valence-corrected chi connectivity index (χ0v) is 23.7. The molecule has 220 valence electrons. The lowest BCUT2D eigenvalue weighted by molar-refractivity contribution is -0.129. The molecule has 0 aliphatic rings. The molecule has 2 aromatic rings. The van der Waals surface area contributed by atoms with E-state index in [2.05, 4.69) is 16.0 Å². The maximum Gasteiger partial charge on any atom is 0.243 e. The van der Waals surface area contributed by atoms with E-state index in [1.165, 1.54) is 0 Å². The van der Waals surface area contributed by atoms with Gasteiger partial charge in [-0.3, -0.25) is 14.4 Å². The van der Waals surface area contributed by atoms with Gasteiger partial charge in [-0.1, -0.05) is 73.5 Å². The third-order valence-corrected chi connectivity index (χ3v) is 6.84. The third kappa shape index (κ3) is 12.7. The molecule has 0 aliphatic heterocycles. The fourth-order valence-corrected chi connectivity index (χ4v) is 4.49. The molecule has 0 radical (unpaired) electrons. The monoisotopic (exact) mass is 552 g/mol. The van der Waals surface area contributed by atoms with Gasteiger partial charge in [-0.05, 0) is 69.2 Å². The van der Waals surface area contributed by atoms with E-state index < -0.39 is 12.1 Å². The molecular formula is C31H48N6O3. The van der Waals surface area contributed by atoms with Crippen molar-refractivity contribution in [3.05, 3.63) is 71.8 Å².